The number of hydrogen-bond donors (Lipinski definition) is 1. The maximum absolute atomic E-state index is 11.8. The summed E-state index contributed by atoms with van der Waals surface area (Å²) in [5, 5.41) is 5.47. The van der Waals surface area contributed by atoms with Crippen LogP contribution in [0.5, 0.6) is 0 Å². The molecule has 4 aromatic carbocycles. The minimum atomic E-state index is -4.28. The summed E-state index contributed by atoms with van der Waals surface area (Å²) in [6.07, 6.45) is 0. The van der Waals surface area contributed by atoms with Gasteiger partial charge in [0.15, 0.2) is 0 Å². The third kappa shape index (κ3) is 1.68. The summed E-state index contributed by atoms with van der Waals surface area (Å²) in [4.78, 5) is -0.0215. The third-order valence-electron chi connectivity index (χ3n) is 4.53. The van der Waals surface area contributed by atoms with Crippen LogP contribution < -0.4 is 0 Å². The molecular weight excluding hydrogens is 296 g/mol. The van der Waals surface area contributed by atoms with Crippen LogP contribution in [-0.2, 0) is 10.1 Å². The molecule has 22 heavy (non-hydrogen) atoms. The summed E-state index contributed by atoms with van der Waals surface area (Å²) in [6, 6.07) is 13.3. The van der Waals surface area contributed by atoms with Gasteiger partial charge in [0.25, 0.3) is 10.1 Å². The maximum Gasteiger partial charge on any atom is 0.295 e. The first-order valence-electron chi connectivity index (χ1n) is 7.03. The van der Waals surface area contributed by atoms with E-state index >= 15 is 0 Å². The Morgan fingerprint density at radius 1 is 0.864 bits per heavy atom. The summed E-state index contributed by atoms with van der Waals surface area (Å²) in [5.41, 5.74) is 2.14. The molecule has 0 spiro atoms. The zero-order valence-corrected chi connectivity index (χ0v) is 13.0. The van der Waals surface area contributed by atoms with Gasteiger partial charge < -0.3 is 0 Å². The molecule has 4 aromatic rings. The van der Waals surface area contributed by atoms with E-state index in [2.05, 4.69) is 6.07 Å². The molecule has 0 unspecified atom stereocenters. The van der Waals surface area contributed by atoms with E-state index in [0.29, 0.717) is 5.39 Å². The van der Waals surface area contributed by atoms with Crippen molar-refractivity contribution >= 4 is 42.4 Å². The molecule has 4 heteroatoms. The number of benzene rings is 4. The van der Waals surface area contributed by atoms with Crippen LogP contribution in [0.1, 0.15) is 11.1 Å². The molecule has 0 radical (unpaired) electrons. The maximum atomic E-state index is 11.8. The van der Waals surface area contributed by atoms with Crippen molar-refractivity contribution in [2.24, 2.45) is 0 Å². The van der Waals surface area contributed by atoms with Gasteiger partial charge in [0.2, 0.25) is 0 Å². The van der Waals surface area contributed by atoms with E-state index in [-0.39, 0.29) is 4.90 Å². The molecule has 0 aromatic heterocycles. The zero-order chi connectivity index (χ0) is 15.6. The van der Waals surface area contributed by atoms with Crippen LogP contribution in [0.4, 0.5) is 0 Å². The number of aryl methyl sites for hydroxylation is 2. The Bertz CT molecular complexity index is 1160. The fourth-order valence-corrected chi connectivity index (χ4v) is 4.07. The van der Waals surface area contributed by atoms with E-state index in [9.17, 15) is 13.0 Å². The zero-order valence-electron chi connectivity index (χ0n) is 12.2. The van der Waals surface area contributed by atoms with Crippen LogP contribution in [0.2, 0.25) is 0 Å². The van der Waals surface area contributed by atoms with E-state index in [0.717, 1.165) is 38.1 Å². The van der Waals surface area contributed by atoms with Gasteiger partial charge in [-0.15, -0.1) is 0 Å². The highest BCUT2D eigenvalue weighted by molar-refractivity contribution is 7.86. The topological polar surface area (TPSA) is 54.4 Å². The van der Waals surface area contributed by atoms with E-state index in [1.807, 2.05) is 44.2 Å². The molecule has 3 nitrogen and oxygen atoms in total. The van der Waals surface area contributed by atoms with Gasteiger partial charge in [-0.05, 0) is 64.0 Å². The Hall–Kier alpha value is -2.17. The molecule has 0 atom stereocenters. The molecule has 0 amide bonds. The molecule has 1 N–H and O–H groups in total. The van der Waals surface area contributed by atoms with E-state index < -0.39 is 10.1 Å². The van der Waals surface area contributed by atoms with Gasteiger partial charge in [-0.2, -0.15) is 8.42 Å². The quantitative estimate of drug-likeness (QED) is 0.417. The monoisotopic (exact) mass is 310 g/mol. The molecule has 0 saturated heterocycles. The summed E-state index contributed by atoms with van der Waals surface area (Å²) in [7, 11) is -4.28. The van der Waals surface area contributed by atoms with Gasteiger partial charge in [0, 0.05) is 5.39 Å². The standard InChI is InChI=1S/C18H14O3S/c1-10-8-15-16(22(19,20)21)9-13-5-3-4-12-6-7-14(11(10)2)18(15)17(12)13/h3-9H,1-2H3,(H,19,20,21). The Kier molecular flexibility index (Phi) is 2.56. The highest BCUT2D eigenvalue weighted by Gasteiger charge is 2.20. The number of hydrogen-bond acceptors (Lipinski definition) is 2. The highest BCUT2D eigenvalue weighted by atomic mass is 32.2. The Morgan fingerprint density at radius 2 is 1.59 bits per heavy atom. The number of rotatable bonds is 1. The van der Waals surface area contributed by atoms with Crippen molar-refractivity contribution < 1.29 is 13.0 Å². The molecule has 0 saturated carbocycles. The molecule has 4 rings (SSSR count). The first-order chi connectivity index (χ1) is 10.4. The van der Waals surface area contributed by atoms with Crippen molar-refractivity contribution in [3.8, 4) is 0 Å². The Labute approximate surface area is 128 Å². The summed E-state index contributed by atoms with van der Waals surface area (Å²) in [5.74, 6) is 0. The minimum absolute atomic E-state index is 0.0215. The summed E-state index contributed by atoms with van der Waals surface area (Å²) < 4.78 is 33.3. The van der Waals surface area contributed by atoms with Crippen molar-refractivity contribution in [2.75, 3.05) is 0 Å². The van der Waals surface area contributed by atoms with Crippen LogP contribution in [0.25, 0.3) is 32.3 Å². The predicted molar refractivity (Wildman–Crippen MR) is 89.4 cm³/mol. The lowest BCUT2D eigenvalue weighted by Crippen LogP contribution is -2.01. The molecule has 0 fully saturated rings. The van der Waals surface area contributed by atoms with E-state index in [1.165, 1.54) is 0 Å². The smallest absolute Gasteiger partial charge is 0.282 e. The second-order valence-electron chi connectivity index (χ2n) is 5.78. The minimum Gasteiger partial charge on any atom is -0.282 e. The third-order valence-corrected chi connectivity index (χ3v) is 5.43. The van der Waals surface area contributed by atoms with Gasteiger partial charge in [0.1, 0.15) is 4.90 Å². The summed E-state index contributed by atoms with van der Waals surface area (Å²) in [6.45, 7) is 3.99. The lowest BCUT2D eigenvalue weighted by Gasteiger charge is -2.16. The van der Waals surface area contributed by atoms with E-state index in [1.54, 1.807) is 6.07 Å². The molecule has 110 valence electrons. The van der Waals surface area contributed by atoms with Crippen molar-refractivity contribution in [3.63, 3.8) is 0 Å². The first kappa shape index (κ1) is 13.5. The van der Waals surface area contributed by atoms with Gasteiger partial charge >= 0.3 is 0 Å². The van der Waals surface area contributed by atoms with Crippen LogP contribution in [0.3, 0.4) is 0 Å². The van der Waals surface area contributed by atoms with E-state index in [4.69, 9.17) is 0 Å². The SMILES string of the molecule is Cc1cc2c(S(=O)(=O)O)cc3cccc4ccc(c1C)c2c43. The Balaban J connectivity index is 2.46. The fraction of sp³-hybridized carbons (Fsp3) is 0.111. The van der Waals surface area contributed by atoms with Gasteiger partial charge in [-0.25, -0.2) is 0 Å². The fourth-order valence-electron chi connectivity index (χ4n) is 3.36. The first-order valence-corrected chi connectivity index (χ1v) is 8.47. The Morgan fingerprint density at radius 3 is 2.32 bits per heavy atom. The molecule has 0 bridgehead atoms. The van der Waals surface area contributed by atoms with Gasteiger partial charge in [-0.1, -0.05) is 30.3 Å². The normalized spacial score (nSPS) is 12.7. The molecule has 0 aliphatic carbocycles. The molecule has 0 aliphatic heterocycles. The van der Waals surface area contributed by atoms with Gasteiger partial charge in [-0.3, -0.25) is 4.55 Å². The molecule has 0 aliphatic rings. The lowest BCUT2D eigenvalue weighted by atomic mass is 9.90. The van der Waals surface area contributed by atoms with Crippen LogP contribution >= 0.6 is 0 Å². The van der Waals surface area contributed by atoms with Crippen molar-refractivity contribution in [2.45, 2.75) is 18.7 Å². The average molecular weight is 310 g/mol. The van der Waals surface area contributed by atoms with Crippen LogP contribution in [0, 0.1) is 13.8 Å². The average Bonchev–Trinajstić information content (AvgIpc) is 2.47. The molecular formula is C18H14O3S. The van der Waals surface area contributed by atoms with Crippen molar-refractivity contribution in [3.05, 3.63) is 53.6 Å². The highest BCUT2D eigenvalue weighted by Crippen LogP contribution is 2.40. The lowest BCUT2D eigenvalue weighted by molar-refractivity contribution is 0.484. The second-order valence-corrected chi connectivity index (χ2v) is 7.17. The van der Waals surface area contributed by atoms with Crippen molar-refractivity contribution in [1.82, 2.24) is 0 Å². The largest absolute Gasteiger partial charge is 0.295 e. The predicted octanol–water partition coefficient (Wildman–Crippen LogP) is 4.45. The summed E-state index contributed by atoms with van der Waals surface area (Å²) >= 11 is 0. The van der Waals surface area contributed by atoms with Crippen LogP contribution in [-0.4, -0.2) is 13.0 Å². The van der Waals surface area contributed by atoms with Crippen molar-refractivity contribution in [1.29, 1.82) is 0 Å². The molecule has 0 heterocycles. The van der Waals surface area contributed by atoms with Gasteiger partial charge in [0.05, 0.1) is 0 Å². The van der Waals surface area contributed by atoms with Crippen LogP contribution in [0.15, 0.2) is 47.4 Å². The second kappa shape index (κ2) is 4.18.